The normalized spacial score (nSPS) is 19.1. The lowest BCUT2D eigenvalue weighted by atomic mass is 9.74. The largest absolute Gasteiger partial charge is 0.380 e. The number of nitrogens with one attached hydrogen (secondary N) is 1. The van der Waals surface area contributed by atoms with Crippen LogP contribution in [0.3, 0.4) is 0 Å². The van der Waals surface area contributed by atoms with E-state index < -0.39 is 0 Å². The number of benzene rings is 1. The SMILES string of the molecule is COCc1cccc(-c2n[nH]c3c2CCN(C(=O)C2(C)CCCCC2)CC3)c1. The number of fused-ring (bicyclic) bond motifs is 1. The van der Waals surface area contributed by atoms with Crippen molar-refractivity contribution in [3.8, 4) is 11.3 Å². The average Bonchev–Trinajstić information content (AvgIpc) is 3.00. The fraction of sp³-hybridized carbons (Fsp3) is 0.565. The number of rotatable bonds is 4. The van der Waals surface area contributed by atoms with Gasteiger partial charge in [-0.2, -0.15) is 5.10 Å². The van der Waals surface area contributed by atoms with Crippen molar-refractivity contribution in [3.63, 3.8) is 0 Å². The molecule has 4 rings (SSSR count). The minimum atomic E-state index is -0.161. The monoisotopic (exact) mass is 381 g/mol. The van der Waals surface area contributed by atoms with Crippen LogP contribution in [0.1, 0.15) is 55.8 Å². The number of ether oxygens (including phenoxy) is 1. The number of hydrogen-bond acceptors (Lipinski definition) is 3. The molecule has 0 spiro atoms. The Labute approximate surface area is 167 Å². The summed E-state index contributed by atoms with van der Waals surface area (Å²) in [6.45, 7) is 4.34. The van der Waals surface area contributed by atoms with Gasteiger partial charge < -0.3 is 9.64 Å². The van der Waals surface area contributed by atoms with Crippen LogP contribution in [0.15, 0.2) is 24.3 Å². The van der Waals surface area contributed by atoms with Crippen molar-refractivity contribution in [3.05, 3.63) is 41.1 Å². The highest BCUT2D eigenvalue weighted by molar-refractivity contribution is 5.82. The van der Waals surface area contributed by atoms with Crippen LogP contribution in [-0.4, -0.2) is 41.2 Å². The van der Waals surface area contributed by atoms with E-state index in [2.05, 4.69) is 46.3 Å². The predicted octanol–water partition coefficient (Wildman–Crippen LogP) is 4.12. The molecule has 1 aromatic heterocycles. The number of amides is 1. The van der Waals surface area contributed by atoms with Crippen LogP contribution < -0.4 is 0 Å². The lowest BCUT2D eigenvalue weighted by Gasteiger charge is -2.36. The highest BCUT2D eigenvalue weighted by Gasteiger charge is 2.38. The van der Waals surface area contributed by atoms with Crippen molar-refractivity contribution in [2.24, 2.45) is 5.41 Å². The van der Waals surface area contributed by atoms with Gasteiger partial charge >= 0.3 is 0 Å². The maximum Gasteiger partial charge on any atom is 0.228 e. The first-order chi connectivity index (χ1) is 13.6. The number of H-pyrrole nitrogens is 1. The van der Waals surface area contributed by atoms with Gasteiger partial charge in [-0.3, -0.25) is 9.89 Å². The third-order valence-corrected chi connectivity index (χ3v) is 6.49. The molecule has 1 N–H and O–H groups in total. The second kappa shape index (κ2) is 8.08. The molecule has 2 aliphatic rings. The smallest absolute Gasteiger partial charge is 0.228 e. The van der Waals surface area contributed by atoms with E-state index in [9.17, 15) is 4.79 Å². The Balaban J connectivity index is 1.52. The Morgan fingerprint density at radius 3 is 2.79 bits per heavy atom. The van der Waals surface area contributed by atoms with Crippen LogP contribution in [0.4, 0.5) is 0 Å². The van der Waals surface area contributed by atoms with Crippen LogP contribution in [-0.2, 0) is 29.0 Å². The summed E-state index contributed by atoms with van der Waals surface area (Å²) in [4.78, 5) is 15.4. The first kappa shape index (κ1) is 19.2. The van der Waals surface area contributed by atoms with Gasteiger partial charge in [0.25, 0.3) is 0 Å². The third kappa shape index (κ3) is 3.72. The zero-order valence-electron chi connectivity index (χ0n) is 17.1. The summed E-state index contributed by atoms with van der Waals surface area (Å²) in [5.41, 5.74) is 5.56. The number of aromatic amines is 1. The molecule has 1 saturated carbocycles. The standard InChI is InChI=1S/C23H31N3O2/c1-23(11-4-3-5-12-23)22(27)26-13-9-19-20(10-14-26)24-25-21(19)18-8-6-7-17(15-18)16-28-2/h6-8,15H,3-5,9-14,16H2,1-2H3,(H,24,25). The van der Waals surface area contributed by atoms with E-state index in [1.807, 2.05) is 0 Å². The summed E-state index contributed by atoms with van der Waals surface area (Å²) in [6, 6.07) is 8.38. The van der Waals surface area contributed by atoms with Gasteiger partial charge in [0.05, 0.1) is 12.3 Å². The minimum absolute atomic E-state index is 0.161. The quantitative estimate of drug-likeness (QED) is 0.867. The van der Waals surface area contributed by atoms with Gasteiger partial charge in [-0.1, -0.05) is 44.4 Å². The number of aromatic nitrogens is 2. The number of carbonyl (C=O) groups is 1. The zero-order valence-corrected chi connectivity index (χ0v) is 17.1. The van der Waals surface area contributed by atoms with Crippen LogP contribution >= 0.6 is 0 Å². The second-order valence-electron chi connectivity index (χ2n) is 8.58. The Kier molecular flexibility index (Phi) is 5.54. The summed E-state index contributed by atoms with van der Waals surface area (Å²) in [7, 11) is 1.71. The Morgan fingerprint density at radius 2 is 2.00 bits per heavy atom. The maximum absolute atomic E-state index is 13.3. The summed E-state index contributed by atoms with van der Waals surface area (Å²) < 4.78 is 5.27. The molecular formula is C23H31N3O2. The Bertz CT molecular complexity index is 836. The van der Waals surface area contributed by atoms with E-state index in [1.54, 1.807) is 7.11 Å². The molecule has 1 aliphatic carbocycles. The molecule has 0 bridgehead atoms. The molecule has 1 aliphatic heterocycles. The Hall–Kier alpha value is -2.14. The van der Waals surface area contributed by atoms with E-state index in [4.69, 9.17) is 4.74 Å². The number of nitrogens with zero attached hydrogens (tertiary/aromatic N) is 2. The number of hydrogen-bond donors (Lipinski definition) is 1. The zero-order chi connectivity index (χ0) is 19.6. The van der Waals surface area contributed by atoms with E-state index >= 15 is 0 Å². The van der Waals surface area contributed by atoms with Crippen molar-refractivity contribution in [1.29, 1.82) is 0 Å². The average molecular weight is 382 g/mol. The highest BCUT2D eigenvalue weighted by atomic mass is 16.5. The van der Waals surface area contributed by atoms with Crippen LogP contribution in [0.25, 0.3) is 11.3 Å². The Morgan fingerprint density at radius 1 is 1.21 bits per heavy atom. The van der Waals surface area contributed by atoms with Gasteiger partial charge in [0.1, 0.15) is 0 Å². The molecule has 5 heteroatoms. The van der Waals surface area contributed by atoms with Gasteiger partial charge in [0.15, 0.2) is 0 Å². The molecule has 0 radical (unpaired) electrons. The molecule has 2 heterocycles. The summed E-state index contributed by atoms with van der Waals surface area (Å²) in [6.07, 6.45) is 7.41. The molecule has 0 saturated heterocycles. The minimum Gasteiger partial charge on any atom is -0.380 e. The molecular weight excluding hydrogens is 350 g/mol. The number of methoxy groups -OCH3 is 1. The molecule has 0 atom stereocenters. The van der Waals surface area contributed by atoms with Gasteiger partial charge in [0.2, 0.25) is 5.91 Å². The summed E-state index contributed by atoms with van der Waals surface area (Å²) >= 11 is 0. The number of carbonyl (C=O) groups excluding carboxylic acids is 1. The molecule has 2 aromatic rings. The molecule has 5 nitrogen and oxygen atoms in total. The predicted molar refractivity (Wildman–Crippen MR) is 110 cm³/mol. The molecule has 0 unspecified atom stereocenters. The van der Waals surface area contributed by atoms with Gasteiger partial charge in [-0.15, -0.1) is 0 Å². The molecule has 28 heavy (non-hydrogen) atoms. The fourth-order valence-electron chi connectivity index (χ4n) is 4.83. The lowest BCUT2D eigenvalue weighted by Crippen LogP contribution is -2.44. The fourth-order valence-corrected chi connectivity index (χ4v) is 4.83. The topological polar surface area (TPSA) is 58.2 Å². The highest BCUT2D eigenvalue weighted by Crippen LogP contribution is 2.38. The van der Waals surface area contributed by atoms with Gasteiger partial charge in [-0.25, -0.2) is 0 Å². The van der Waals surface area contributed by atoms with Gasteiger partial charge in [-0.05, 0) is 30.9 Å². The van der Waals surface area contributed by atoms with Crippen molar-refractivity contribution in [2.45, 2.75) is 58.5 Å². The molecule has 1 fully saturated rings. The van der Waals surface area contributed by atoms with E-state index in [0.29, 0.717) is 12.5 Å². The second-order valence-corrected chi connectivity index (χ2v) is 8.58. The van der Waals surface area contributed by atoms with Crippen molar-refractivity contribution < 1.29 is 9.53 Å². The summed E-state index contributed by atoms with van der Waals surface area (Å²) in [5.74, 6) is 0.356. The maximum atomic E-state index is 13.3. The van der Waals surface area contributed by atoms with Crippen molar-refractivity contribution >= 4 is 5.91 Å². The van der Waals surface area contributed by atoms with E-state index in [0.717, 1.165) is 55.6 Å². The lowest BCUT2D eigenvalue weighted by molar-refractivity contribution is -0.143. The molecule has 1 aromatic carbocycles. The first-order valence-corrected chi connectivity index (χ1v) is 10.5. The van der Waals surface area contributed by atoms with E-state index in [1.165, 1.54) is 30.5 Å². The van der Waals surface area contributed by atoms with Gasteiger partial charge in [0, 0.05) is 48.9 Å². The molecule has 1 amide bonds. The van der Waals surface area contributed by atoms with Crippen molar-refractivity contribution in [2.75, 3.05) is 20.2 Å². The van der Waals surface area contributed by atoms with E-state index in [-0.39, 0.29) is 5.41 Å². The summed E-state index contributed by atoms with van der Waals surface area (Å²) in [5, 5.41) is 7.86. The third-order valence-electron chi connectivity index (χ3n) is 6.49. The van der Waals surface area contributed by atoms with Crippen molar-refractivity contribution in [1.82, 2.24) is 15.1 Å². The molecule has 150 valence electrons. The van der Waals surface area contributed by atoms with Crippen LogP contribution in [0.5, 0.6) is 0 Å². The van der Waals surface area contributed by atoms with Crippen LogP contribution in [0.2, 0.25) is 0 Å². The van der Waals surface area contributed by atoms with Crippen LogP contribution in [0, 0.1) is 5.41 Å². The first-order valence-electron chi connectivity index (χ1n) is 10.5.